The smallest absolute Gasteiger partial charge is 0.344 e. The molecule has 0 aromatic heterocycles. The first-order valence-corrected chi connectivity index (χ1v) is 8.42. The number of amides is 1. The Morgan fingerprint density at radius 3 is 2.48 bits per heavy atom. The SMILES string of the molecule is CC(Oc1ccc(/C=C(/C#N)C(=O)NC2CCCCC2)cc1)C(=O)O. The summed E-state index contributed by atoms with van der Waals surface area (Å²) < 4.78 is 5.25. The molecule has 1 fully saturated rings. The molecule has 132 valence electrons. The second-order valence-corrected chi connectivity index (χ2v) is 6.15. The fourth-order valence-electron chi connectivity index (χ4n) is 2.72. The van der Waals surface area contributed by atoms with Crippen molar-refractivity contribution in [2.75, 3.05) is 0 Å². The second-order valence-electron chi connectivity index (χ2n) is 6.15. The summed E-state index contributed by atoms with van der Waals surface area (Å²) in [4.78, 5) is 23.0. The van der Waals surface area contributed by atoms with Crippen LogP contribution in [0.4, 0.5) is 0 Å². The van der Waals surface area contributed by atoms with Gasteiger partial charge in [-0.2, -0.15) is 5.26 Å². The van der Waals surface area contributed by atoms with E-state index in [0.29, 0.717) is 11.3 Å². The van der Waals surface area contributed by atoms with Gasteiger partial charge in [0.2, 0.25) is 0 Å². The predicted octanol–water partition coefficient (Wildman–Crippen LogP) is 2.89. The molecule has 1 aliphatic rings. The van der Waals surface area contributed by atoms with Crippen LogP contribution in [-0.2, 0) is 9.59 Å². The van der Waals surface area contributed by atoms with Gasteiger partial charge in [0.15, 0.2) is 6.10 Å². The molecule has 6 heteroatoms. The molecule has 0 radical (unpaired) electrons. The van der Waals surface area contributed by atoms with Crippen molar-refractivity contribution in [3.63, 3.8) is 0 Å². The molecule has 1 amide bonds. The van der Waals surface area contributed by atoms with Crippen LogP contribution >= 0.6 is 0 Å². The largest absolute Gasteiger partial charge is 0.479 e. The van der Waals surface area contributed by atoms with E-state index in [0.717, 1.165) is 25.7 Å². The minimum atomic E-state index is -1.05. The Balaban J connectivity index is 2.01. The zero-order valence-electron chi connectivity index (χ0n) is 14.2. The van der Waals surface area contributed by atoms with Gasteiger partial charge in [0.25, 0.3) is 5.91 Å². The molecular formula is C19H22N2O4. The van der Waals surface area contributed by atoms with Crippen LogP contribution < -0.4 is 10.1 Å². The van der Waals surface area contributed by atoms with Gasteiger partial charge in [-0.1, -0.05) is 31.4 Å². The Kier molecular flexibility index (Phi) is 6.58. The van der Waals surface area contributed by atoms with Gasteiger partial charge < -0.3 is 15.2 Å². The monoisotopic (exact) mass is 342 g/mol. The van der Waals surface area contributed by atoms with Crippen LogP contribution in [0.5, 0.6) is 5.75 Å². The van der Waals surface area contributed by atoms with Gasteiger partial charge >= 0.3 is 5.97 Å². The molecule has 0 spiro atoms. The minimum Gasteiger partial charge on any atom is -0.479 e. The number of nitrogens with zero attached hydrogens (tertiary/aromatic N) is 1. The molecule has 0 saturated heterocycles. The van der Waals surface area contributed by atoms with Crippen LogP contribution in [0.15, 0.2) is 29.8 Å². The molecule has 2 rings (SSSR count). The maximum absolute atomic E-state index is 12.2. The molecule has 0 aliphatic heterocycles. The van der Waals surface area contributed by atoms with Crippen LogP contribution in [0.1, 0.15) is 44.6 Å². The summed E-state index contributed by atoms with van der Waals surface area (Å²) in [6.45, 7) is 1.44. The zero-order valence-corrected chi connectivity index (χ0v) is 14.2. The summed E-state index contributed by atoms with van der Waals surface area (Å²) in [5.74, 6) is -0.985. The summed E-state index contributed by atoms with van der Waals surface area (Å²) in [5, 5.41) is 21.0. The highest BCUT2D eigenvalue weighted by Gasteiger charge is 2.18. The first kappa shape index (κ1) is 18.5. The third-order valence-corrected chi connectivity index (χ3v) is 4.16. The third kappa shape index (κ3) is 5.64. The lowest BCUT2D eigenvalue weighted by Crippen LogP contribution is -2.36. The Hall–Kier alpha value is -2.81. The molecule has 1 aromatic rings. The summed E-state index contributed by atoms with van der Waals surface area (Å²) >= 11 is 0. The Morgan fingerprint density at radius 2 is 1.92 bits per heavy atom. The van der Waals surface area contributed by atoms with Crippen LogP contribution in [0.2, 0.25) is 0 Å². The van der Waals surface area contributed by atoms with Gasteiger partial charge in [0.05, 0.1) is 0 Å². The van der Waals surface area contributed by atoms with Crippen molar-refractivity contribution in [2.45, 2.75) is 51.2 Å². The van der Waals surface area contributed by atoms with Crippen LogP contribution in [0.25, 0.3) is 6.08 Å². The number of rotatable bonds is 6. The lowest BCUT2D eigenvalue weighted by Gasteiger charge is -2.22. The van der Waals surface area contributed by atoms with Crippen molar-refractivity contribution in [1.82, 2.24) is 5.32 Å². The zero-order chi connectivity index (χ0) is 18.2. The molecule has 1 saturated carbocycles. The summed E-state index contributed by atoms with van der Waals surface area (Å²) in [6, 6.07) is 8.66. The Morgan fingerprint density at radius 1 is 1.28 bits per heavy atom. The van der Waals surface area contributed by atoms with Gasteiger partial charge in [0, 0.05) is 6.04 Å². The number of carboxylic acids is 1. The van der Waals surface area contributed by atoms with E-state index in [1.165, 1.54) is 19.4 Å². The molecular weight excluding hydrogens is 320 g/mol. The third-order valence-electron chi connectivity index (χ3n) is 4.16. The number of nitriles is 1. The summed E-state index contributed by atoms with van der Waals surface area (Å²) in [7, 11) is 0. The van der Waals surface area contributed by atoms with E-state index in [4.69, 9.17) is 9.84 Å². The van der Waals surface area contributed by atoms with Crippen LogP contribution in [-0.4, -0.2) is 29.1 Å². The van der Waals surface area contributed by atoms with Crippen molar-refractivity contribution in [1.29, 1.82) is 5.26 Å². The molecule has 1 unspecified atom stereocenters. The van der Waals surface area contributed by atoms with Gasteiger partial charge in [-0.05, 0) is 43.5 Å². The molecule has 2 N–H and O–H groups in total. The van der Waals surface area contributed by atoms with Crippen molar-refractivity contribution < 1.29 is 19.4 Å². The van der Waals surface area contributed by atoms with Gasteiger partial charge in [-0.25, -0.2) is 4.79 Å². The highest BCUT2D eigenvalue weighted by molar-refractivity contribution is 6.01. The van der Waals surface area contributed by atoms with Crippen molar-refractivity contribution in [3.8, 4) is 11.8 Å². The van der Waals surface area contributed by atoms with E-state index in [9.17, 15) is 14.9 Å². The van der Waals surface area contributed by atoms with Gasteiger partial charge in [0.1, 0.15) is 17.4 Å². The van der Waals surface area contributed by atoms with Gasteiger partial charge in [-0.3, -0.25) is 4.79 Å². The van der Waals surface area contributed by atoms with E-state index in [1.807, 2.05) is 6.07 Å². The molecule has 25 heavy (non-hydrogen) atoms. The average Bonchev–Trinajstić information content (AvgIpc) is 2.61. The Labute approximate surface area is 147 Å². The fourth-order valence-corrected chi connectivity index (χ4v) is 2.72. The standard InChI is InChI=1S/C19H22N2O4/c1-13(19(23)24)25-17-9-7-14(8-10-17)11-15(12-20)18(22)21-16-5-3-2-4-6-16/h7-11,13,16H,2-6H2,1H3,(H,21,22)(H,23,24)/b15-11-. The van der Waals surface area contributed by atoms with E-state index in [2.05, 4.69) is 5.32 Å². The maximum Gasteiger partial charge on any atom is 0.344 e. The number of aliphatic carboxylic acids is 1. The number of carbonyl (C=O) groups is 2. The lowest BCUT2D eigenvalue weighted by atomic mass is 9.95. The van der Waals surface area contributed by atoms with Crippen molar-refractivity contribution in [2.24, 2.45) is 0 Å². The highest BCUT2D eigenvalue weighted by atomic mass is 16.5. The topological polar surface area (TPSA) is 99.4 Å². The quantitative estimate of drug-likeness (QED) is 0.612. The molecule has 1 aromatic carbocycles. The molecule has 1 aliphatic carbocycles. The van der Waals surface area contributed by atoms with E-state index >= 15 is 0 Å². The molecule has 6 nitrogen and oxygen atoms in total. The normalized spacial score (nSPS) is 16.6. The molecule has 0 heterocycles. The molecule has 0 bridgehead atoms. The first-order valence-electron chi connectivity index (χ1n) is 8.42. The maximum atomic E-state index is 12.2. The Bertz CT molecular complexity index is 682. The van der Waals surface area contributed by atoms with Crippen LogP contribution in [0.3, 0.4) is 0 Å². The van der Waals surface area contributed by atoms with Gasteiger partial charge in [-0.15, -0.1) is 0 Å². The number of hydrogen-bond donors (Lipinski definition) is 2. The summed E-state index contributed by atoms with van der Waals surface area (Å²) in [5.41, 5.74) is 0.726. The number of benzene rings is 1. The van der Waals surface area contributed by atoms with E-state index in [1.54, 1.807) is 24.3 Å². The molecule has 1 atom stereocenters. The summed E-state index contributed by atoms with van der Waals surface area (Å²) in [6.07, 6.45) is 5.89. The number of carboxylic acid groups (broad SMARTS) is 1. The number of ether oxygens (including phenoxy) is 1. The average molecular weight is 342 g/mol. The van der Waals surface area contributed by atoms with Crippen molar-refractivity contribution >= 4 is 18.0 Å². The van der Waals surface area contributed by atoms with E-state index < -0.39 is 12.1 Å². The number of hydrogen-bond acceptors (Lipinski definition) is 4. The lowest BCUT2D eigenvalue weighted by molar-refractivity contribution is -0.144. The highest BCUT2D eigenvalue weighted by Crippen LogP contribution is 2.19. The number of nitrogens with one attached hydrogen (secondary N) is 1. The predicted molar refractivity (Wildman–Crippen MR) is 92.8 cm³/mol. The first-order chi connectivity index (χ1) is 12.0. The minimum absolute atomic E-state index is 0.0538. The number of carbonyl (C=O) groups excluding carboxylic acids is 1. The fraction of sp³-hybridized carbons (Fsp3) is 0.421. The van der Waals surface area contributed by atoms with Crippen LogP contribution in [0, 0.1) is 11.3 Å². The van der Waals surface area contributed by atoms with E-state index in [-0.39, 0.29) is 17.5 Å². The van der Waals surface area contributed by atoms with Crippen molar-refractivity contribution in [3.05, 3.63) is 35.4 Å². The second kappa shape index (κ2) is 8.88.